The van der Waals surface area contributed by atoms with Gasteiger partial charge in [-0.15, -0.1) is 0 Å². The Kier molecular flexibility index (Phi) is 5.72. The molecule has 0 fully saturated rings. The average molecular weight is 417 g/mol. The van der Waals surface area contributed by atoms with E-state index in [4.69, 9.17) is 28.9 Å². The van der Waals surface area contributed by atoms with Crippen molar-refractivity contribution in [1.29, 1.82) is 0 Å². The maximum absolute atomic E-state index is 12.6. The van der Waals surface area contributed by atoms with Crippen LogP contribution in [0.2, 0.25) is 10.0 Å². The smallest absolute Gasteiger partial charge is 0.272 e. The number of nitrogens with one attached hydrogen (secondary N) is 1. The molecule has 0 unspecified atom stereocenters. The van der Waals surface area contributed by atoms with E-state index in [2.05, 4.69) is 10.4 Å². The summed E-state index contributed by atoms with van der Waals surface area (Å²) in [6.07, 6.45) is 0. The molecule has 0 aliphatic carbocycles. The molecule has 1 aromatic heterocycles. The molecule has 8 heteroatoms. The Morgan fingerprint density at radius 2 is 1.71 bits per heavy atom. The first-order chi connectivity index (χ1) is 13.3. The lowest BCUT2D eigenvalue weighted by atomic mass is 10.1. The number of nitrogens with zero attached hydrogens (tertiary/aromatic N) is 2. The van der Waals surface area contributed by atoms with Crippen LogP contribution in [0.5, 0.6) is 0 Å². The van der Waals surface area contributed by atoms with E-state index in [9.17, 15) is 9.59 Å². The van der Waals surface area contributed by atoms with Crippen molar-refractivity contribution in [3.8, 4) is 16.9 Å². The van der Waals surface area contributed by atoms with Gasteiger partial charge in [0.25, 0.3) is 5.91 Å². The summed E-state index contributed by atoms with van der Waals surface area (Å²) in [6.45, 7) is 3.45. The summed E-state index contributed by atoms with van der Waals surface area (Å²) in [6, 6.07) is 12.7. The summed E-state index contributed by atoms with van der Waals surface area (Å²) in [5.74, 6) is -1.10. The van der Waals surface area contributed by atoms with Gasteiger partial charge in [0.15, 0.2) is 5.69 Å². The molecule has 3 aromatic rings. The lowest BCUT2D eigenvalue weighted by Crippen LogP contribution is -2.33. The van der Waals surface area contributed by atoms with Gasteiger partial charge in [0.1, 0.15) is 0 Å². The molecule has 2 amide bonds. The first-order valence-electron chi connectivity index (χ1n) is 8.46. The predicted octanol–water partition coefficient (Wildman–Crippen LogP) is 3.68. The summed E-state index contributed by atoms with van der Waals surface area (Å²) in [5, 5.41) is 8.22. The van der Waals surface area contributed by atoms with Crippen molar-refractivity contribution in [2.75, 3.05) is 6.54 Å². The van der Waals surface area contributed by atoms with Crippen LogP contribution in [0, 0.1) is 13.8 Å². The Bertz CT molecular complexity index is 1060. The first-order valence-corrected chi connectivity index (χ1v) is 9.22. The van der Waals surface area contributed by atoms with Gasteiger partial charge in [-0.1, -0.05) is 35.3 Å². The van der Waals surface area contributed by atoms with Crippen molar-refractivity contribution in [3.63, 3.8) is 0 Å². The quantitative estimate of drug-likeness (QED) is 0.664. The number of benzene rings is 2. The Morgan fingerprint density at radius 3 is 2.32 bits per heavy atom. The minimum atomic E-state index is -0.628. The zero-order chi connectivity index (χ0) is 20.4. The number of hydrogen-bond donors (Lipinski definition) is 2. The second-order valence-corrected chi connectivity index (χ2v) is 7.19. The lowest BCUT2D eigenvalue weighted by Gasteiger charge is -2.11. The Balaban J connectivity index is 2.18. The van der Waals surface area contributed by atoms with Gasteiger partial charge in [-0.3, -0.25) is 9.59 Å². The number of amides is 2. The van der Waals surface area contributed by atoms with Crippen molar-refractivity contribution in [2.24, 2.45) is 5.73 Å². The van der Waals surface area contributed by atoms with Crippen LogP contribution < -0.4 is 11.1 Å². The molecule has 0 aliphatic heterocycles. The van der Waals surface area contributed by atoms with Gasteiger partial charge in [0.2, 0.25) is 5.91 Å². The number of carbonyl (C=O) groups excluding carboxylic acids is 2. The second kappa shape index (κ2) is 8.04. The molecule has 6 nitrogen and oxygen atoms in total. The van der Waals surface area contributed by atoms with Crippen LogP contribution in [0.1, 0.15) is 21.6 Å². The number of aryl methyl sites for hydroxylation is 1. The number of hydrogen-bond acceptors (Lipinski definition) is 3. The van der Waals surface area contributed by atoms with E-state index in [0.717, 1.165) is 22.5 Å². The Morgan fingerprint density at radius 1 is 1.07 bits per heavy atom. The van der Waals surface area contributed by atoms with E-state index in [-0.39, 0.29) is 12.2 Å². The lowest BCUT2D eigenvalue weighted by molar-refractivity contribution is -0.117. The third-order valence-electron chi connectivity index (χ3n) is 4.27. The molecule has 0 radical (unpaired) electrons. The maximum Gasteiger partial charge on any atom is 0.272 e. The molecule has 3 rings (SSSR count). The van der Waals surface area contributed by atoms with Crippen molar-refractivity contribution < 1.29 is 9.59 Å². The number of aromatic nitrogens is 2. The molecular formula is C20H18Cl2N4O2. The fraction of sp³-hybridized carbons (Fsp3) is 0.150. The molecule has 3 N–H and O–H groups in total. The highest BCUT2D eigenvalue weighted by Gasteiger charge is 2.23. The molecule has 1 heterocycles. The molecule has 0 spiro atoms. The van der Waals surface area contributed by atoms with Gasteiger partial charge in [0, 0.05) is 21.2 Å². The SMILES string of the molecule is Cc1cc(Cl)ccc1-n1nc(C(=O)NCC(N)=O)c(C)c1-c1ccc(Cl)cc1. The van der Waals surface area contributed by atoms with Crippen molar-refractivity contribution in [2.45, 2.75) is 13.8 Å². The zero-order valence-electron chi connectivity index (χ0n) is 15.3. The third-order valence-corrected chi connectivity index (χ3v) is 4.75. The molecule has 0 saturated carbocycles. The van der Waals surface area contributed by atoms with Crippen LogP contribution >= 0.6 is 23.2 Å². The summed E-state index contributed by atoms with van der Waals surface area (Å²) >= 11 is 12.1. The maximum atomic E-state index is 12.6. The largest absolute Gasteiger partial charge is 0.368 e. The highest BCUT2D eigenvalue weighted by Crippen LogP contribution is 2.31. The Hall–Kier alpha value is -2.83. The second-order valence-electron chi connectivity index (χ2n) is 6.32. The highest BCUT2D eigenvalue weighted by molar-refractivity contribution is 6.31. The summed E-state index contributed by atoms with van der Waals surface area (Å²) in [7, 11) is 0. The minimum Gasteiger partial charge on any atom is -0.368 e. The van der Waals surface area contributed by atoms with E-state index < -0.39 is 11.8 Å². The van der Waals surface area contributed by atoms with Gasteiger partial charge >= 0.3 is 0 Å². The van der Waals surface area contributed by atoms with Crippen molar-refractivity contribution >= 4 is 35.0 Å². The fourth-order valence-electron chi connectivity index (χ4n) is 2.94. The van der Waals surface area contributed by atoms with E-state index in [1.807, 2.05) is 31.2 Å². The molecule has 0 saturated heterocycles. The van der Waals surface area contributed by atoms with Crippen LogP contribution in [0.4, 0.5) is 0 Å². The van der Waals surface area contributed by atoms with Gasteiger partial charge in [-0.05, 0) is 49.7 Å². The molecule has 0 bridgehead atoms. The molecule has 0 atom stereocenters. The fourth-order valence-corrected chi connectivity index (χ4v) is 3.29. The predicted molar refractivity (Wildman–Crippen MR) is 110 cm³/mol. The third kappa shape index (κ3) is 4.03. The van der Waals surface area contributed by atoms with Crippen molar-refractivity contribution in [3.05, 3.63) is 69.3 Å². The van der Waals surface area contributed by atoms with E-state index in [1.165, 1.54) is 0 Å². The van der Waals surface area contributed by atoms with Crippen LogP contribution in [0.3, 0.4) is 0 Å². The first kappa shape index (κ1) is 19.9. The van der Waals surface area contributed by atoms with Crippen LogP contribution in [0.15, 0.2) is 42.5 Å². The standard InChI is InChI=1S/C20H18Cl2N4O2/c1-11-9-15(22)7-8-16(11)26-19(13-3-5-14(21)6-4-13)12(2)18(25-26)20(28)24-10-17(23)27/h3-9H,10H2,1-2H3,(H2,23,27)(H,24,28). The number of nitrogens with two attached hydrogens (primary N) is 1. The van der Waals surface area contributed by atoms with Gasteiger partial charge in [-0.25, -0.2) is 4.68 Å². The zero-order valence-corrected chi connectivity index (χ0v) is 16.8. The number of primary amides is 1. The molecule has 28 heavy (non-hydrogen) atoms. The molecular weight excluding hydrogens is 399 g/mol. The monoisotopic (exact) mass is 416 g/mol. The molecule has 0 aliphatic rings. The highest BCUT2D eigenvalue weighted by atomic mass is 35.5. The summed E-state index contributed by atoms with van der Waals surface area (Å²) < 4.78 is 1.70. The topological polar surface area (TPSA) is 90.0 Å². The summed E-state index contributed by atoms with van der Waals surface area (Å²) in [5.41, 5.74) is 9.26. The number of halogens is 2. The van der Waals surface area contributed by atoms with Crippen LogP contribution in [-0.4, -0.2) is 28.1 Å². The van der Waals surface area contributed by atoms with E-state index >= 15 is 0 Å². The van der Waals surface area contributed by atoms with Gasteiger partial charge < -0.3 is 11.1 Å². The van der Waals surface area contributed by atoms with Crippen molar-refractivity contribution in [1.82, 2.24) is 15.1 Å². The number of carbonyl (C=O) groups is 2. The number of rotatable bonds is 5. The molecule has 2 aromatic carbocycles. The van der Waals surface area contributed by atoms with Gasteiger partial charge in [-0.2, -0.15) is 5.10 Å². The minimum absolute atomic E-state index is 0.209. The molecule has 144 valence electrons. The normalized spacial score (nSPS) is 10.7. The van der Waals surface area contributed by atoms with Crippen LogP contribution in [0.25, 0.3) is 16.9 Å². The average Bonchev–Trinajstić information content (AvgIpc) is 2.97. The summed E-state index contributed by atoms with van der Waals surface area (Å²) in [4.78, 5) is 23.6. The van der Waals surface area contributed by atoms with E-state index in [1.54, 1.807) is 29.8 Å². The van der Waals surface area contributed by atoms with Crippen LogP contribution in [-0.2, 0) is 4.79 Å². The Labute approximate surface area is 172 Å². The van der Waals surface area contributed by atoms with Gasteiger partial charge in [0.05, 0.1) is 17.9 Å². The van der Waals surface area contributed by atoms with E-state index in [0.29, 0.717) is 15.6 Å².